The summed E-state index contributed by atoms with van der Waals surface area (Å²) in [6, 6.07) is 15.8. The van der Waals surface area contributed by atoms with Crippen LogP contribution in [0.1, 0.15) is 27.9 Å². The summed E-state index contributed by atoms with van der Waals surface area (Å²) >= 11 is 0. The van der Waals surface area contributed by atoms with Gasteiger partial charge in [-0.2, -0.15) is 0 Å². The topological polar surface area (TPSA) is 66.5 Å². The summed E-state index contributed by atoms with van der Waals surface area (Å²) in [4.78, 5) is 14.7. The Labute approximate surface area is 153 Å². The molecule has 1 atom stereocenters. The van der Waals surface area contributed by atoms with E-state index in [1.54, 1.807) is 0 Å². The first-order valence-electron chi connectivity index (χ1n) is 8.93. The van der Waals surface area contributed by atoms with E-state index in [2.05, 4.69) is 34.5 Å². The van der Waals surface area contributed by atoms with Crippen LogP contribution in [0.2, 0.25) is 0 Å². The number of carbonyl (C=O) groups is 1. The highest BCUT2D eigenvalue weighted by atomic mass is 32.2. The first-order valence-corrected chi connectivity index (χ1v) is 10.8. The lowest BCUT2D eigenvalue weighted by molar-refractivity contribution is 0.0941. The van der Waals surface area contributed by atoms with Crippen molar-refractivity contribution in [3.63, 3.8) is 0 Å². The summed E-state index contributed by atoms with van der Waals surface area (Å²) in [6.07, 6.45) is 1.52. The van der Waals surface area contributed by atoms with Crippen molar-refractivity contribution in [1.29, 1.82) is 0 Å². The Bertz CT molecular complexity index is 922. The molecule has 2 aromatic rings. The Balaban J connectivity index is 1.42. The third-order valence-electron chi connectivity index (χ3n) is 5.19. The van der Waals surface area contributed by atoms with Gasteiger partial charge in [0.2, 0.25) is 0 Å². The minimum absolute atomic E-state index is 0.0456. The number of amides is 1. The summed E-state index contributed by atoms with van der Waals surface area (Å²) in [5.74, 6) is -0.000206. The van der Waals surface area contributed by atoms with Crippen LogP contribution in [0.5, 0.6) is 0 Å². The number of hydrogen-bond donors (Lipinski definition) is 1. The largest absolute Gasteiger partial charge is 0.367 e. The van der Waals surface area contributed by atoms with Crippen molar-refractivity contribution in [1.82, 2.24) is 5.32 Å². The monoisotopic (exact) mass is 370 g/mol. The van der Waals surface area contributed by atoms with Gasteiger partial charge in [0.05, 0.1) is 11.5 Å². The molecule has 0 spiro atoms. The smallest absolute Gasteiger partial charge is 0.251 e. The molecule has 26 heavy (non-hydrogen) atoms. The maximum Gasteiger partial charge on any atom is 0.251 e. The van der Waals surface area contributed by atoms with Crippen LogP contribution in [0, 0.1) is 0 Å². The lowest BCUT2D eigenvalue weighted by Crippen LogP contribution is -2.35. The zero-order chi connectivity index (χ0) is 18.1. The molecule has 4 rings (SSSR count). The van der Waals surface area contributed by atoms with Crippen LogP contribution in [0.3, 0.4) is 0 Å². The van der Waals surface area contributed by atoms with Crippen molar-refractivity contribution in [2.24, 2.45) is 0 Å². The SMILES string of the molecule is O=C(N[C@@H]1CCS(=O)(=O)C1)c1ccc(N2CCc3ccccc3C2)cc1. The van der Waals surface area contributed by atoms with Crippen molar-refractivity contribution < 1.29 is 13.2 Å². The standard InChI is InChI=1S/C20H22N2O3S/c23-20(21-18-10-12-26(24,25)14-18)16-5-7-19(8-6-16)22-11-9-15-3-1-2-4-17(15)13-22/h1-8,18H,9-14H2,(H,21,23)/t18-/m1/s1. The number of fused-ring (bicyclic) bond motifs is 1. The van der Waals surface area contributed by atoms with Crippen LogP contribution < -0.4 is 10.2 Å². The number of hydrogen-bond acceptors (Lipinski definition) is 4. The van der Waals surface area contributed by atoms with Crippen LogP contribution in [-0.4, -0.2) is 38.4 Å². The highest BCUT2D eigenvalue weighted by Crippen LogP contribution is 2.24. The lowest BCUT2D eigenvalue weighted by atomic mass is 9.99. The molecule has 1 amide bonds. The van der Waals surface area contributed by atoms with Crippen molar-refractivity contribution in [2.75, 3.05) is 23.0 Å². The quantitative estimate of drug-likeness (QED) is 0.899. The number of anilines is 1. The molecule has 0 aromatic heterocycles. The molecule has 0 radical (unpaired) electrons. The van der Waals surface area contributed by atoms with Gasteiger partial charge in [-0.1, -0.05) is 24.3 Å². The first kappa shape index (κ1) is 17.1. The van der Waals surface area contributed by atoms with E-state index < -0.39 is 9.84 Å². The Kier molecular flexibility index (Phi) is 4.44. The van der Waals surface area contributed by atoms with E-state index in [-0.39, 0.29) is 23.5 Å². The molecule has 0 aliphatic carbocycles. The zero-order valence-electron chi connectivity index (χ0n) is 14.5. The van der Waals surface area contributed by atoms with Crippen LogP contribution in [-0.2, 0) is 22.8 Å². The number of benzene rings is 2. The number of nitrogens with zero attached hydrogens (tertiary/aromatic N) is 1. The molecule has 5 nitrogen and oxygen atoms in total. The fraction of sp³-hybridized carbons (Fsp3) is 0.350. The average molecular weight is 370 g/mol. The van der Waals surface area contributed by atoms with E-state index in [1.807, 2.05) is 24.3 Å². The van der Waals surface area contributed by atoms with Gasteiger partial charge in [-0.15, -0.1) is 0 Å². The minimum Gasteiger partial charge on any atom is -0.367 e. The summed E-state index contributed by atoms with van der Waals surface area (Å²) in [7, 11) is -2.99. The number of sulfone groups is 1. The van der Waals surface area contributed by atoms with Crippen molar-refractivity contribution in [3.8, 4) is 0 Å². The molecule has 1 fully saturated rings. The van der Waals surface area contributed by atoms with E-state index in [9.17, 15) is 13.2 Å². The zero-order valence-corrected chi connectivity index (χ0v) is 15.3. The molecule has 2 aliphatic rings. The molecule has 2 aromatic carbocycles. The molecule has 1 N–H and O–H groups in total. The van der Waals surface area contributed by atoms with Gasteiger partial charge in [-0.3, -0.25) is 4.79 Å². The van der Waals surface area contributed by atoms with Crippen molar-refractivity contribution >= 4 is 21.4 Å². The maximum atomic E-state index is 12.3. The highest BCUT2D eigenvalue weighted by molar-refractivity contribution is 7.91. The number of carbonyl (C=O) groups excluding carboxylic acids is 1. The maximum absolute atomic E-state index is 12.3. The van der Waals surface area contributed by atoms with Crippen LogP contribution in [0.25, 0.3) is 0 Å². The highest BCUT2D eigenvalue weighted by Gasteiger charge is 2.29. The fourth-order valence-electron chi connectivity index (χ4n) is 3.72. The van der Waals surface area contributed by atoms with Gasteiger partial charge >= 0.3 is 0 Å². The molecule has 0 saturated carbocycles. The van der Waals surface area contributed by atoms with Crippen LogP contribution in [0.4, 0.5) is 5.69 Å². The Morgan fingerprint density at radius 1 is 1.04 bits per heavy atom. The molecular weight excluding hydrogens is 348 g/mol. The van der Waals surface area contributed by atoms with Gasteiger partial charge in [0, 0.05) is 30.4 Å². The summed E-state index contributed by atoms with van der Waals surface area (Å²) < 4.78 is 23.0. The third kappa shape index (κ3) is 3.60. The Morgan fingerprint density at radius 3 is 2.46 bits per heavy atom. The van der Waals surface area contributed by atoms with Gasteiger partial charge in [-0.25, -0.2) is 8.42 Å². The molecule has 2 aliphatic heterocycles. The lowest BCUT2D eigenvalue weighted by Gasteiger charge is -2.30. The molecule has 0 unspecified atom stereocenters. The van der Waals surface area contributed by atoms with E-state index >= 15 is 0 Å². The molecule has 6 heteroatoms. The fourth-order valence-corrected chi connectivity index (χ4v) is 5.39. The molecule has 136 valence electrons. The normalized spacial score (nSPS) is 21.2. The van der Waals surface area contributed by atoms with E-state index in [1.165, 1.54) is 11.1 Å². The predicted molar refractivity (Wildman–Crippen MR) is 102 cm³/mol. The van der Waals surface area contributed by atoms with E-state index in [0.29, 0.717) is 12.0 Å². The van der Waals surface area contributed by atoms with Gasteiger partial charge < -0.3 is 10.2 Å². The van der Waals surface area contributed by atoms with Crippen LogP contribution >= 0.6 is 0 Å². The Hall–Kier alpha value is -2.34. The van der Waals surface area contributed by atoms with Gasteiger partial charge in [0.15, 0.2) is 9.84 Å². The molecule has 0 bridgehead atoms. The summed E-state index contributed by atoms with van der Waals surface area (Å²) in [5, 5.41) is 2.83. The Morgan fingerprint density at radius 2 is 1.77 bits per heavy atom. The van der Waals surface area contributed by atoms with Crippen molar-refractivity contribution in [2.45, 2.75) is 25.4 Å². The third-order valence-corrected chi connectivity index (χ3v) is 6.96. The summed E-state index contributed by atoms with van der Waals surface area (Å²) in [6.45, 7) is 1.84. The second-order valence-electron chi connectivity index (χ2n) is 7.06. The summed E-state index contributed by atoms with van der Waals surface area (Å²) in [5.41, 5.74) is 4.42. The van der Waals surface area contributed by atoms with Crippen LogP contribution in [0.15, 0.2) is 48.5 Å². The second kappa shape index (κ2) is 6.76. The number of nitrogens with one attached hydrogen (secondary N) is 1. The average Bonchev–Trinajstić information content (AvgIpc) is 2.99. The molecule has 1 saturated heterocycles. The van der Waals surface area contributed by atoms with Crippen molar-refractivity contribution in [3.05, 3.63) is 65.2 Å². The van der Waals surface area contributed by atoms with Gasteiger partial charge in [0.25, 0.3) is 5.91 Å². The molecule has 2 heterocycles. The van der Waals surface area contributed by atoms with E-state index in [0.717, 1.165) is 25.2 Å². The predicted octanol–water partition coefficient (Wildman–Crippen LogP) is 2.17. The van der Waals surface area contributed by atoms with Gasteiger partial charge in [0.1, 0.15) is 0 Å². The van der Waals surface area contributed by atoms with Gasteiger partial charge in [-0.05, 0) is 48.2 Å². The minimum atomic E-state index is -2.99. The number of rotatable bonds is 3. The van der Waals surface area contributed by atoms with E-state index in [4.69, 9.17) is 0 Å². The first-order chi connectivity index (χ1) is 12.5. The molecular formula is C20H22N2O3S. The second-order valence-corrected chi connectivity index (χ2v) is 9.29.